The van der Waals surface area contributed by atoms with Crippen LogP contribution in [0.3, 0.4) is 0 Å². The molecule has 7 heteroatoms. The van der Waals surface area contributed by atoms with Gasteiger partial charge in [0.15, 0.2) is 5.82 Å². The molecule has 0 bridgehead atoms. The molecule has 122 valence electrons. The second-order valence-corrected chi connectivity index (χ2v) is 4.84. The minimum atomic E-state index is -0.376. The average Bonchev–Trinajstić information content (AvgIpc) is 2.56. The lowest BCUT2D eigenvalue weighted by atomic mass is 10.2. The summed E-state index contributed by atoms with van der Waals surface area (Å²) in [5.74, 6) is 0.590. The van der Waals surface area contributed by atoms with E-state index in [-0.39, 0.29) is 5.97 Å². The summed E-state index contributed by atoms with van der Waals surface area (Å²) in [7, 11) is 0. The fourth-order valence-corrected chi connectivity index (χ4v) is 1.93. The quantitative estimate of drug-likeness (QED) is 0.571. The van der Waals surface area contributed by atoms with Crippen LogP contribution in [0.15, 0.2) is 30.5 Å². The monoisotopic (exact) mass is 315 g/mol. The molecular formula is C16H21N5O2. The minimum absolute atomic E-state index is 0.327. The second-order valence-electron chi connectivity index (χ2n) is 4.84. The van der Waals surface area contributed by atoms with Crippen molar-refractivity contribution >= 4 is 23.4 Å². The molecule has 1 heterocycles. The molecule has 0 saturated heterocycles. The number of nitrogens with zero attached hydrogens (tertiary/aromatic N) is 3. The van der Waals surface area contributed by atoms with Crippen LogP contribution in [0.5, 0.6) is 0 Å². The molecule has 7 nitrogen and oxygen atoms in total. The lowest BCUT2D eigenvalue weighted by molar-refractivity contribution is 0.0527. The van der Waals surface area contributed by atoms with Crippen LogP contribution in [0.1, 0.15) is 37.0 Å². The van der Waals surface area contributed by atoms with Gasteiger partial charge in [-0.05, 0) is 25.5 Å². The predicted molar refractivity (Wildman–Crippen MR) is 88.9 cm³/mol. The Hall–Kier alpha value is -2.70. The van der Waals surface area contributed by atoms with E-state index in [2.05, 4.69) is 32.7 Å². The number of nitrogens with one attached hydrogen (secondary N) is 2. The zero-order valence-electron chi connectivity index (χ0n) is 13.4. The van der Waals surface area contributed by atoms with E-state index in [1.54, 1.807) is 25.1 Å². The van der Waals surface area contributed by atoms with Gasteiger partial charge in [-0.15, -0.1) is 5.10 Å². The van der Waals surface area contributed by atoms with Crippen molar-refractivity contribution in [3.05, 3.63) is 36.0 Å². The number of esters is 1. The summed E-state index contributed by atoms with van der Waals surface area (Å²) in [5.41, 5.74) is 1.07. The molecule has 0 aliphatic heterocycles. The van der Waals surface area contributed by atoms with Crippen LogP contribution in [0, 0.1) is 0 Å². The van der Waals surface area contributed by atoms with Crippen LogP contribution in [0.4, 0.5) is 17.5 Å². The molecule has 0 amide bonds. The van der Waals surface area contributed by atoms with E-state index in [1.807, 2.05) is 6.07 Å². The van der Waals surface area contributed by atoms with Gasteiger partial charge in [0.2, 0.25) is 5.95 Å². The van der Waals surface area contributed by atoms with Crippen LogP contribution in [-0.4, -0.2) is 34.3 Å². The number of ether oxygens (including phenoxy) is 1. The van der Waals surface area contributed by atoms with E-state index in [9.17, 15) is 4.79 Å². The summed E-state index contributed by atoms with van der Waals surface area (Å²) >= 11 is 0. The molecule has 0 saturated carbocycles. The average molecular weight is 315 g/mol. The van der Waals surface area contributed by atoms with Crippen molar-refractivity contribution in [1.29, 1.82) is 0 Å². The lowest BCUT2D eigenvalue weighted by Gasteiger charge is -2.11. The normalized spacial score (nSPS) is 10.2. The van der Waals surface area contributed by atoms with Crippen molar-refractivity contribution in [1.82, 2.24) is 15.2 Å². The third-order valence-corrected chi connectivity index (χ3v) is 3.06. The molecule has 1 aromatic carbocycles. The van der Waals surface area contributed by atoms with Crippen LogP contribution in [0.25, 0.3) is 0 Å². The predicted octanol–water partition coefficient (Wildman–Crippen LogP) is 3.00. The molecule has 0 fully saturated rings. The number of benzene rings is 1. The van der Waals surface area contributed by atoms with Crippen LogP contribution in [-0.2, 0) is 4.74 Å². The van der Waals surface area contributed by atoms with Crippen molar-refractivity contribution < 1.29 is 9.53 Å². The van der Waals surface area contributed by atoms with Gasteiger partial charge < -0.3 is 15.4 Å². The van der Waals surface area contributed by atoms with Gasteiger partial charge in [-0.2, -0.15) is 10.1 Å². The van der Waals surface area contributed by atoms with Crippen molar-refractivity contribution in [2.75, 3.05) is 23.8 Å². The highest BCUT2D eigenvalue weighted by Gasteiger charge is 2.12. The second kappa shape index (κ2) is 8.67. The molecule has 0 radical (unpaired) electrons. The Balaban J connectivity index is 2.13. The number of unbranched alkanes of at least 4 members (excludes halogenated alkanes) is 1. The number of rotatable bonds is 8. The zero-order valence-corrected chi connectivity index (χ0v) is 13.4. The highest BCUT2D eigenvalue weighted by molar-refractivity contribution is 5.96. The molecule has 2 N–H and O–H groups in total. The first kappa shape index (κ1) is 16.7. The van der Waals surface area contributed by atoms with Gasteiger partial charge >= 0.3 is 5.97 Å². The molecule has 1 aromatic heterocycles. The third kappa shape index (κ3) is 4.91. The third-order valence-electron chi connectivity index (χ3n) is 3.06. The maximum absolute atomic E-state index is 12.0. The molecule has 0 spiro atoms. The summed E-state index contributed by atoms with van der Waals surface area (Å²) in [6.07, 6.45) is 3.63. The SMILES string of the molecule is CCCCNc1nncc(Nc2ccccc2C(=O)OCC)n1. The Morgan fingerprint density at radius 1 is 1.26 bits per heavy atom. The number of carbonyl (C=O) groups excluding carboxylic acids is 1. The Labute approximate surface area is 135 Å². The largest absolute Gasteiger partial charge is 0.462 e. The van der Waals surface area contributed by atoms with Crippen molar-refractivity contribution in [3.8, 4) is 0 Å². The minimum Gasteiger partial charge on any atom is -0.462 e. The van der Waals surface area contributed by atoms with E-state index < -0.39 is 0 Å². The topological polar surface area (TPSA) is 89.0 Å². The molecule has 2 aromatic rings. The lowest BCUT2D eigenvalue weighted by Crippen LogP contribution is -2.10. The van der Waals surface area contributed by atoms with E-state index in [0.717, 1.165) is 19.4 Å². The van der Waals surface area contributed by atoms with Crippen LogP contribution >= 0.6 is 0 Å². The molecule has 0 aliphatic carbocycles. The maximum Gasteiger partial charge on any atom is 0.340 e. The molecule has 2 rings (SSSR count). The molecule has 0 aliphatic rings. The number of para-hydroxylation sites is 1. The van der Waals surface area contributed by atoms with Crippen molar-refractivity contribution in [2.24, 2.45) is 0 Å². The van der Waals surface area contributed by atoms with Gasteiger partial charge in [0.05, 0.1) is 24.1 Å². The maximum atomic E-state index is 12.0. The summed E-state index contributed by atoms with van der Waals surface area (Å²) in [6, 6.07) is 7.11. The Kier molecular flexibility index (Phi) is 6.28. The van der Waals surface area contributed by atoms with E-state index in [1.165, 1.54) is 6.20 Å². The highest BCUT2D eigenvalue weighted by Crippen LogP contribution is 2.20. The smallest absolute Gasteiger partial charge is 0.340 e. The van der Waals surface area contributed by atoms with Crippen molar-refractivity contribution in [3.63, 3.8) is 0 Å². The zero-order chi connectivity index (χ0) is 16.5. The summed E-state index contributed by atoms with van der Waals surface area (Å²) in [4.78, 5) is 16.3. The molecule has 0 unspecified atom stereocenters. The standard InChI is InChI=1S/C16H21N5O2/c1-3-5-10-17-16-20-14(11-18-21-16)19-13-9-7-6-8-12(13)15(22)23-4-2/h6-9,11H,3-5,10H2,1-2H3,(H2,17,19,20,21). The Bertz CT molecular complexity index is 648. The summed E-state index contributed by atoms with van der Waals surface area (Å²) in [5, 5.41) is 14.1. The first-order valence-corrected chi connectivity index (χ1v) is 7.71. The molecule has 23 heavy (non-hydrogen) atoms. The summed E-state index contributed by atoms with van der Waals surface area (Å²) in [6.45, 7) is 5.01. The van der Waals surface area contributed by atoms with Crippen LogP contribution in [0.2, 0.25) is 0 Å². The molecular weight excluding hydrogens is 294 g/mol. The Morgan fingerprint density at radius 3 is 2.87 bits per heavy atom. The number of anilines is 3. The number of hydrogen-bond donors (Lipinski definition) is 2. The summed E-state index contributed by atoms with van der Waals surface area (Å²) < 4.78 is 5.06. The van der Waals surface area contributed by atoms with Gasteiger partial charge in [-0.3, -0.25) is 0 Å². The number of carbonyl (C=O) groups is 1. The van der Waals surface area contributed by atoms with Crippen LogP contribution < -0.4 is 10.6 Å². The van der Waals surface area contributed by atoms with Gasteiger partial charge in [-0.25, -0.2) is 4.79 Å². The van der Waals surface area contributed by atoms with Gasteiger partial charge in [0.25, 0.3) is 0 Å². The van der Waals surface area contributed by atoms with E-state index in [0.29, 0.717) is 29.6 Å². The molecule has 0 atom stereocenters. The van der Waals surface area contributed by atoms with Gasteiger partial charge in [0, 0.05) is 6.54 Å². The first-order chi connectivity index (χ1) is 11.2. The first-order valence-electron chi connectivity index (χ1n) is 7.71. The van der Waals surface area contributed by atoms with Crippen molar-refractivity contribution in [2.45, 2.75) is 26.7 Å². The van der Waals surface area contributed by atoms with Gasteiger partial charge in [-0.1, -0.05) is 25.5 Å². The highest BCUT2D eigenvalue weighted by atomic mass is 16.5. The fraction of sp³-hybridized carbons (Fsp3) is 0.375. The number of hydrogen-bond acceptors (Lipinski definition) is 7. The fourth-order valence-electron chi connectivity index (χ4n) is 1.93. The number of aromatic nitrogens is 3. The van der Waals surface area contributed by atoms with Gasteiger partial charge in [0.1, 0.15) is 0 Å². The van der Waals surface area contributed by atoms with E-state index in [4.69, 9.17) is 4.74 Å². The van der Waals surface area contributed by atoms with E-state index >= 15 is 0 Å². The Morgan fingerprint density at radius 2 is 2.09 bits per heavy atom.